The third-order valence-electron chi connectivity index (χ3n) is 1.51. The van der Waals surface area contributed by atoms with E-state index in [0.717, 1.165) is 19.4 Å². The molecular formula is C7H10N2. The molecule has 2 nitrogen and oxygen atoms in total. The first-order chi connectivity index (χ1) is 4.33. The maximum absolute atomic E-state index is 6.70. The van der Waals surface area contributed by atoms with Gasteiger partial charge < -0.3 is 0 Å². The van der Waals surface area contributed by atoms with Crippen LogP contribution in [0.4, 0.5) is 0 Å². The molecule has 1 aliphatic heterocycles. The molecule has 1 aliphatic rings. The van der Waals surface area contributed by atoms with Crippen LogP contribution >= 0.6 is 0 Å². The summed E-state index contributed by atoms with van der Waals surface area (Å²) in [6, 6.07) is 0. The van der Waals surface area contributed by atoms with Crippen LogP contribution in [-0.2, 0) is 0 Å². The molecule has 0 aromatic heterocycles. The van der Waals surface area contributed by atoms with E-state index in [1.807, 2.05) is 0 Å². The van der Waals surface area contributed by atoms with Gasteiger partial charge in [-0.3, -0.25) is 4.85 Å². The summed E-state index contributed by atoms with van der Waals surface area (Å²) in [4.78, 5) is 3.38. The van der Waals surface area contributed by atoms with Crippen molar-refractivity contribution in [3.63, 3.8) is 0 Å². The highest BCUT2D eigenvalue weighted by atomic mass is 15.0. The van der Waals surface area contributed by atoms with Crippen LogP contribution in [0.3, 0.4) is 0 Å². The van der Waals surface area contributed by atoms with Gasteiger partial charge in [-0.25, -0.2) is 11.9 Å². The standard InChI is InChI=1S/C7H10N2/c1-6-3-4-7(8-2)9-5-6/h7,9H,1,3-5H2. The maximum Gasteiger partial charge on any atom is 0.277 e. The summed E-state index contributed by atoms with van der Waals surface area (Å²) in [6.07, 6.45) is 2.00. The number of piperidine rings is 1. The molecule has 0 spiro atoms. The number of nitrogens with one attached hydrogen (secondary N) is 1. The molecule has 1 atom stereocenters. The van der Waals surface area contributed by atoms with E-state index in [0.29, 0.717) is 0 Å². The minimum absolute atomic E-state index is 0.0514. The fourth-order valence-corrected chi connectivity index (χ4v) is 0.904. The summed E-state index contributed by atoms with van der Waals surface area (Å²) < 4.78 is 0. The van der Waals surface area contributed by atoms with Gasteiger partial charge in [0.25, 0.3) is 6.17 Å². The van der Waals surface area contributed by atoms with Crippen molar-refractivity contribution in [1.82, 2.24) is 5.32 Å². The van der Waals surface area contributed by atoms with Crippen LogP contribution in [0.15, 0.2) is 12.2 Å². The Balaban J connectivity index is 2.37. The van der Waals surface area contributed by atoms with E-state index in [4.69, 9.17) is 6.57 Å². The highest BCUT2D eigenvalue weighted by Crippen LogP contribution is 2.11. The Labute approximate surface area is 55.4 Å². The minimum atomic E-state index is 0.0514. The number of rotatable bonds is 0. The van der Waals surface area contributed by atoms with E-state index >= 15 is 0 Å². The largest absolute Gasteiger partial charge is 0.296 e. The van der Waals surface area contributed by atoms with Gasteiger partial charge in [0.05, 0.1) is 0 Å². The molecule has 9 heavy (non-hydrogen) atoms. The van der Waals surface area contributed by atoms with Crippen LogP contribution < -0.4 is 5.32 Å². The van der Waals surface area contributed by atoms with E-state index in [2.05, 4.69) is 16.7 Å². The molecular weight excluding hydrogens is 112 g/mol. The number of hydrogen-bond donors (Lipinski definition) is 1. The lowest BCUT2D eigenvalue weighted by atomic mass is 10.1. The zero-order chi connectivity index (χ0) is 6.69. The van der Waals surface area contributed by atoms with E-state index in [1.165, 1.54) is 5.57 Å². The Morgan fingerprint density at radius 2 is 2.56 bits per heavy atom. The van der Waals surface area contributed by atoms with Gasteiger partial charge in [-0.15, -0.1) is 0 Å². The number of hydrogen-bond acceptors (Lipinski definition) is 1. The molecule has 1 unspecified atom stereocenters. The molecule has 0 saturated carbocycles. The molecule has 1 fully saturated rings. The predicted molar refractivity (Wildman–Crippen MR) is 36.8 cm³/mol. The summed E-state index contributed by atoms with van der Waals surface area (Å²) in [5.74, 6) is 0. The lowest BCUT2D eigenvalue weighted by Gasteiger charge is -2.15. The van der Waals surface area contributed by atoms with Crippen LogP contribution in [0.2, 0.25) is 0 Å². The van der Waals surface area contributed by atoms with Crippen molar-refractivity contribution in [2.24, 2.45) is 0 Å². The lowest BCUT2D eigenvalue weighted by Crippen LogP contribution is -2.32. The smallest absolute Gasteiger partial charge is 0.277 e. The maximum atomic E-state index is 6.70. The van der Waals surface area contributed by atoms with Crippen LogP contribution in [0, 0.1) is 6.57 Å². The van der Waals surface area contributed by atoms with Gasteiger partial charge in [0.1, 0.15) is 0 Å². The average molecular weight is 122 g/mol. The SMILES string of the molecule is [C-]#[N+]C1CCC(=C)CN1. The second-order valence-electron chi connectivity index (χ2n) is 2.31. The highest BCUT2D eigenvalue weighted by molar-refractivity contribution is 5.03. The summed E-state index contributed by atoms with van der Waals surface area (Å²) >= 11 is 0. The summed E-state index contributed by atoms with van der Waals surface area (Å²) in [7, 11) is 0. The van der Waals surface area contributed by atoms with Crippen LogP contribution in [0.1, 0.15) is 12.8 Å². The van der Waals surface area contributed by atoms with Crippen molar-refractivity contribution in [1.29, 1.82) is 0 Å². The van der Waals surface area contributed by atoms with Gasteiger partial charge in [0.2, 0.25) is 0 Å². The molecule has 1 N–H and O–H groups in total. The Hall–Kier alpha value is -0.810. The summed E-state index contributed by atoms with van der Waals surface area (Å²) in [5, 5.41) is 3.06. The predicted octanol–water partition coefficient (Wildman–Crippen LogP) is 1.17. The molecule has 48 valence electrons. The molecule has 0 radical (unpaired) electrons. The van der Waals surface area contributed by atoms with Crippen LogP contribution in [0.25, 0.3) is 4.85 Å². The lowest BCUT2D eigenvalue weighted by molar-refractivity contribution is 0.523. The minimum Gasteiger partial charge on any atom is -0.296 e. The molecule has 0 aromatic rings. The van der Waals surface area contributed by atoms with Crippen molar-refractivity contribution in [2.45, 2.75) is 19.0 Å². The third kappa shape index (κ3) is 1.55. The first-order valence-corrected chi connectivity index (χ1v) is 3.09. The van der Waals surface area contributed by atoms with Gasteiger partial charge in [0.15, 0.2) is 0 Å². The summed E-state index contributed by atoms with van der Waals surface area (Å²) in [5.41, 5.74) is 1.22. The quantitative estimate of drug-likeness (QED) is 0.377. The normalized spacial score (nSPS) is 27.4. The molecule has 1 heterocycles. The highest BCUT2D eigenvalue weighted by Gasteiger charge is 2.16. The van der Waals surface area contributed by atoms with E-state index in [-0.39, 0.29) is 6.17 Å². The topological polar surface area (TPSA) is 16.4 Å². The van der Waals surface area contributed by atoms with Gasteiger partial charge in [-0.05, 0) is 6.42 Å². The second-order valence-corrected chi connectivity index (χ2v) is 2.31. The first-order valence-electron chi connectivity index (χ1n) is 3.09. The average Bonchev–Trinajstić information content (AvgIpc) is 1.90. The van der Waals surface area contributed by atoms with Crippen molar-refractivity contribution in [3.05, 3.63) is 23.6 Å². The molecule has 1 rings (SSSR count). The van der Waals surface area contributed by atoms with Crippen molar-refractivity contribution in [3.8, 4) is 0 Å². The molecule has 0 aromatic carbocycles. The van der Waals surface area contributed by atoms with Gasteiger partial charge in [-0.2, -0.15) is 0 Å². The third-order valence-corrected chi connectivity index (χ3v) is 1.51. The second kappa shape index (κ2) is 2.65. The van der Waals surface area contributed by atoms with E-state index in [1.54, 1.807) is 0 Å². The van der Waals surface area contributed by atoms with Gasteiger partial charge >= 0.3 is 0 Å². The Kier molecular flexibility index (Phi) is 1.86. The van der Waals surface area contributed by atoms with Crippen molar-refractivity contribution < 1.29 is 0 Å². The zero-order valence-electron chi connectivity index (χ0n) is 5.35. The van der Waals surface area contributed by atoms with E-state index in [9.17, 15) is 0 Å². The fourth-order valence-electron chi connectivity index (χ4n) is 0.904. The first kappa shape index (κ1) is 6.31. The van der Waals surface area contributed by atoms with Crippen LogP contribution in [-0.4, -0.2) is 12.7 Å². The van der Waals surface area contributed by atoms with Crippen molar-refractivity contribution >= 4 is 0 Å². The van der Waals surface area contributed by atoms with Crippen molar-refractivity contribution in [2.75, 3.05) is 6.54 Å². The molecule has 0 amide bonds. The molecule has 0 aliphatic carbocycles. The fraction of sp³-hybridized carbons (Fsp3) is 0.571. The van der Waals surface area contributed by atoms with E-state index < -0.39 is 0 Å². The molecule has 2 heteroatoms. The number of nitrogens with zero attached hydrogens (tertiary/aromatic N) is 1. The molecule has 1 saturated heterocycles. The van der Waals surface area contributed by atoms with Crippen LogP contribution in [0.5, 0.6) is 0 Å². The Morgan fingerprint density at radius 3 is 3.00 bits per heavy atom. The Bertz CT molecular complexity index is 145. The molecule has 0 bridgehead atoms. The zero-order valence-corrected chi connectivity index (χ0v) is 5.35. The van der Waals surface area contributed by atoms with Gasteiger partial charge in [0, 0.05) is 13.0 Å². The monoisotopic (exact) mass is 122 g/mol. The summed E-state index contributed by atoms with van der Waals surface area (Å²) in [6.45, 7) is 11.3. The van der Waals surface area contributed by atoms with Gasteiger partial charge in [-0.1, -0.05) is 12.2 Å². The Morgan fingerprint density at radius 1 is 1.78 bits per heavy atom.